The summed E-state index contributed by atoms with van der Waals surface area (Å²) in [6, 6.07) is 15.5. The number of imide groups is 1. The topological polar surface area (TPSA) is 91.7 Å². The minimum atomic E-state index is -1.38. The third-order valence-electron chi connectivity index (χ3n) is 4.83. The van der Waals surface area contributed by atoms with Crippen molar-refractivity contribution >= 4 is 11.9 Å². The molecule has 0 spiro atoms. The molecule has 7 heteroatoms. The van der Waals surface area contributed by atoms with Gasteiger partial charge in [0.2, 0.25) is 0 Å². The fourth-order valence-corrected chi connectivity index (χ4v) is 3.30. The molecular formula is C21H21N3O4. The normalized spacial score (nSPS) is 16.3. The second-order valence-electron chi connectivity index (χ2n) is 6.58. The number of nitrogens with zero attached hydrogens (tertiary/aromatic N) is 2. The van der Waals surface area contributed by atoms with Crippen molar-refractivity contribution in [3.63, 3.8) is 0 Å². The smallest absolute Gasteiger partial charge is 0.325 e. The maximum Gasteiger partial charge on any atom is 0.325 e. The Morgan fingerprint density at radius 3 is 1.86 bits per heavy atom. The number of amides is 3. The molecule has 0 bridgehead atoms. The number of carbonyl (C=O) groups is 2. The summed E-state index contributed by atoms with van der Waals surface area (Å²) in [7, 11) is 3.11. The van der Waals surface area contributed by atoms with E-state index in [-0.39, 0.29) is 6.54 Å². The molecular weight excluding hydrogens is 358 g/mol. The zero-order valence-corrected chi connectivity index (χ0v) is 15.9. The average molecular weight is 379 g/mol. The van der Waals surface area contributed by atoms with Crippen molar-refractivity contribution in [3.8, 4) is 17.6 Å². The number of nitrogens with one attached hydrogen (secondary N) is 1. The number of benzene rings is 2. The molecule has 1 saturated heterocycles. The second kappa shape index (κ2) is 7.61. The lowest BCUT2D eigenvalue weighted by Crippen LogP contribution is -2.45. The van der Waals surface area contributed by atoms with Gasteiger partial charge in [-0.2, -0.15) is 5.26 Å². The first-order valence-electron chi connectivity index (χ1n) is 8.79. The monoisotopic (exact) mass is 379 g/mol. The maximum atomic E-state index is 13.5. The van der Waals surface area contributed by atoms with Gasteiger partial charge in [0, 0.05) is 6.54 Å². The van der Waals surface area contributed by atoms with Gasteiger partial charge in [0.15, 0.2) is 5.54 Å². The van der Waals surface area contributed by atoms with Gasteiger partial charge in [0.1, 0.15) is 11.5 Å². The zero-order chi connectivity index (χ0) is 20.3. The van der Waals surface area contributed by atoms with Gasteiger partial charge in [-0.25, -0.2) is 4.79 Å². The Balaban J connectivity index is 2.13. The molecule has 1 aliphatic rings. The summed E-state index contributed by atoms with van der Waals surface area (Å²) in [6.45, 7) is 1.69. The summed E-state index contributed by atoms with van der Waals surface area (Å²) in [6.07, 6.45) is 0. The first kappa shape index (κ1) is 19.2. The predicted octanol–water partition coefficient (Wildman–Crippen LogP) is 2.66. The van der Waals surface area contributed by atoms with E-state index >= 15 is 0 Å². The number of hydrogen-bond acceptors (Lipinski definition) is 5. The second-order valence-corrected chi connectivity index (χ2v) is 6.58. The summed E-state index contributed by atoms with van der Waals surface area (Å²) in [4.78, 5) is 27.2. The number of rotatable bonds is 6. The maximum absolute atomic E-state index is 13.5. The lowest BCUT2D eigenvalue weighted by molar-refractivity contribution is -0.130. The summed E-state index contributed by atoms with van der Waals surface area (Å²) in [5, 5.41) is 12.0. The number of methoxy groups -OCH3 is 2. The van der Waals surface area contributed by atoms with Crippen molar-refractivity contribution in [2.75, 3.05) is 20.8 Å². The minimum Gasteiger partial charge on any atom is -0.497 e. The Hall–Kier alpha value is -3.53. The highest BCUT2D eigenvalue weighted by Crippen LogP contribution is 2.37. The molecule has 0 aliphatic carbocycles. The van der Waals surface area contributed by atoms with Crippen molar-refractivity contribution in [1.29, 1.82) is 5.26 Å². The highest BCUT2D eigenvalue weighted by Gasteiger charge is 2.53. The number of nitriles is 1. The van der Waals surface area contributed by atoms with Crippen molar-refractivity contribution < 1.29 is 19.1 Å². The third kappa shape index (κ3) is 3.14. The molecule has 1 aliphatic heterocycles. The minimum absolute atomic E-state index is 0.0230. The quantitative estimate of drug-likeness (QED) is 0.779. The Labute approximate surface area is 163 Å². The molecule has 3 rings (SSSR count). The van der Waals surface area contributed by atoms with Gasteiger partial charge < -0.3 is 14.8 Å². The van der Waals surface area contributed by atoms with Crippen LogP contribution < -0.4 is 14.8 Å². The summed E-state index contributed by atoms with van der Waals surface area (Å²) >= 11 is 0. The van der Waals surface area contributed by atoms with E-state index < -0.39 is 23.4 Å². The highest BCUT2D eigenvalue weighted by molar-refractivity contribution is 6.09. The lowest BCUT2D eigenvalue weighted by atomic mass is 9.82. The van der Waals surface area contributed by atoms with Gasteiger partial charge in [0.25, 0.3) is 5.91 Å². The van der Waals surface area contributed by atoms with Crippen LogP contribution >= 0.6 is 0 Å². The van der Waals surface area contributed by atoms with Crippen molar-refractivity contribution in [1.82, 2.24) is 10.2 Å². The van der Waals surface area contributed by atoms with E-state index in [4.69, 9.17) is 14.7 Å². The van der Waals surface area contributed by atoms with Crippen LogP contribution in [0.2, 0.25) is 0 Å². The van der Waals surface area contributed by atoms with Gasteiger partial charge in [-0.3, -0.25) is 9.69 Å². The largest absolute Gasteiger partial charge is 0.497 e. The van der Waals surface area contributed by atoms with Crippen LogP contribution in [0.1, 0.15) is 18.1 Å². The van der Waals surface area contributed by atoms with E-state index in [1.54, 1.807) is 69.7 Å². The Morgan fingerprint density at radius 2 is 1.46 bits per heavy atom. The molecule has 2 aromatic carbocycles. The van der Waals surface area contributed by atoms with Gasteiger partial charge in [-0.1, -0.05) is 24.3 Å². The molecule has 7 nitrogen and oxygen atoms in total. The molecule has 28 heavy (non-hydrogen) atoms. The van der Waals surface area contributed by atoms with E-state index in [1.807, 2.05) is 0 Å². The van der Waals surface area contributed by atoms with E-state index in [0.717, 1.165) is 4.90 Å². The number of urea groups is 1. The Kier molecular flexibility index (Phi) is 5.23. The highest BCUT2D eigenvalue weighted by atomic mass is 16.5. The van der Waals surface area contributed by atoms with Crippen LogP contribution in [0.15, 0.2) is 48.5 Å². The lowest BCUT2D eigenvalue weighted by Gasteiger charge is -2.28. The van der Waals surface area contributed by atoms with E-state index in [9.17, 15) is 9.59 Å². The number of carbonyl (C=O) groups excluding carboxylic acids is 2. The van der Waals surface area contributed by atoms with Crippen LogP contribution in [-0.2, 0) is 10.3 Å². The summed E-state index contributed by atoms with van der Waals surface area (Å²) in [5.41, 5.74) is -0.182. The van der Waals surface area contributed by atoms with Gasteiger partial charge in [0.05, 0.1) is 26.2 Å². The zero-order valence-electron chi connectivity index (χ0n) is 15.9. The first-order chi connectivity index (χ1) is 13.5. The predicted molar refractivity (Wildman–Crippen MR) is 102 cm³/mol. The molecule has 0 radical (unpaired) electrons. The van der Waals surface area contributed by atoms with Crippen LogP contribution in [0.3, 0.4) is 0 Å². The third-order valence-corrected chi connectivity index (χ3v) is 4.83. The molecule has 0 saturated carbocycles. The summed E-state index contributed by atoms with van der Waals surface area (Å²) in [5.74, 6) is 0.382. The van der Waals surface area contributed by atoms with Crippen LogP contribution in [0.25, 0.3) is 0 Å². The molecule has 144 valence electrons. The van der Waals surface area contributed by atoms with Crippen molar-refractivity contribution in [2.24, 2.45) is 5.92 Å². The standard InChI is InChI=1S/C21H21N3O4/c1-14(12-22)13-24-19(25)21(23-20(24)26,15-4-8-17(27-2)9-5-15)16-6-10-18(28-3)11-7-16/h4-11,14H,13H2,1-3H3,(H,23,26)/t14-/m1/s1. The molecule has 1 atom stereocenters. The molecule has 1 heterocycles. The van der Waals surface area contributed by atoms with Crippen LogP contribution in [0, 0.1) is 17.2 Å². The van der Waals surface area contributed by atoms with E-state index in [1.165, 1.54) is 0 Å². The summed E-state index contributed by atoms with van der Waals surface area (Å²) < 4.78 is 10.4. The fraction of sp³-hybridized carbons (Fsp3) is 0.286. The van der Waals surface area contributed by atoms with Crippen LogP contribution in [-0.4, -0.2) is 37.6 Å². The number of ether oxygens (including phenoxy) is 2. The van der Waals surface area contributed by atoms with Gasteiger partial charge in [-0.05, 0) is 42.3 Å². The first-order valence-corrected chi connectivity index (χ1v) is 8.79. The molecule has 1 N–H and O–H groups in total. The van der Waals surface area contributed by atoms with Crippen molar-refractivity contribution in [3.05, 3.63) is 59.7 Å². The van der Waals surface area contributed by atoms with Gasteiger partial charge in [-0.15, -0.1) is 0 Å². The van der Waals surface area contributed by atoms with Gasteiger partial charge >= 0.3 is 6.03 Å². The Morgan fingerprint density at radius 1 is 1.00 bits per heavy atom. The fourth-order valence-electron chi connectivity index (χ4n) is 3.30. The average Bonchev–Trinajstić information content (AvgIpc) is 2.99. The van der Waals surface area contributed by atoms with Crippen molar-refractivity contribution in [2.45, 2.75) is 12.5 Å². The number of hydrogen-bond donors (Lipinski definition) is 1. The molecule has 0 unspecified atom stereocenters. The van der Waals surface area contributed by atoms with Crippen LogP contribution in [0.5, 0.6) is 11.5 Å². The SMILES string of the molecule is COc1ccc(C2(c3ccc(OC)cc3)NC(=O)N(C[C@H](C)C#N)C2=O)cc1. The molecule has 3 amide bonds. The molecule has 1 fully saturated rings. The van der Waals surface area contributed by atoms with E-state index in [2.05, 4.69) is 11.4 Å². The molecule has 2 aromatic rings. The van der Waals surface area contributed by atoms with E-state index in [0.29, 0.717) is 22.6 Å². The van der Waals surface area contributed by atoms with Crippen LogP contribution in [0.4, 0.5) is 4.79 Å². The molecule has 0 aromatic heterocycles. The Bertz CT molecular complexity index is 869.